The van der Waals surface area contributed by atoms with Gasteiger partial charge in [0.2, 0.25) is 10.0 Å². The summed E-state index contributed by atoms with van der Waals surface area (Å²) in [5.74, 6) is 0.277. The Kier molecular flexibility index (Phi) is 4.93. The van der Waals surface area contributed by atoms with Gasteiger partial charge >= 0.3 is 0 Å². The number of sulfonamides is 1. The number of hydrogen-bond acceptors (Lipinski definition) is 3. The van der Waals surface area contributed by atoms with Gasteiger partial charge in [0.15, 0.2) is 0 Å². The smallest absolute Gasteiger partial charge is 0.214 e. The number of pyridine rings is 1. The van der Waals surface area contributed by atoms with Crippen LogP contribution >= 0.6 is 0 Å². The van der Waals surface area contributed by atoms with Gasteiger partial charge in [-0.05, 0) is 49.8 Å². The monoisotopic (exact) mass is 282 g/mol. The van der Waals surface area contributed by atoms with E-state index in [0.29, 0.717) is 13.0 Å². The molecule has 106 valence electrons. The molecular weight excluding hydrogens is 260 g/mol. The van der Waals surface area contributed by atoms with E-state index in [1.54, 1.807) is 16.7 Å². The minimum absolute atomic E-state index is 0.185. The average Bonchev–Trinajstić information content (AvgIpc) is 2.87. The molecule has 1 aliphatic heterocycles. The molecule has 0 N–H and O–H groups in total. The molecule has 1 unspecified atom stereocenters. The zero-order valence-corrected chi connectivity index (χ0v) is 12.3. The maximum atomic E-state index is 12.2. The highest BCUT2D eigenvalue weighted by molar-refractivity contribution is 7.89. The molecule has 1 atom stereocenters. The predicted octanol–water partition coefficient (Wildman–Crippen LogP) is 2.22. The highest BCUT2D eigenvalue weighted by atomic mass is 32.2. The zero-order valence-electron chi connectivity index (χ0n) is 11.5. The van der Waals surface area contributed by atoms with E-state index in [1.807, 2.05) is 19.1 Å². The van der Waals surface area contributed by atoms with Crippen molar-refractivity contribution in [1.29, 1.82) is 0 Å². The summed E-state index contributed by atoms with van der Waals surface area (Å²) in [5, 5.41) is 0. The van der Waals surface area contributed by atoms with Crippen LogP contribution in [0.2, 0.25) is 0 Å². The summed E-state index contributed by atoms with van der Waals surface area (Å²) in [4.78, 5) is 4.00. The van der Waals surface area contributed by atoms with Crippen molar-refractivity contribution in [2.24, 2.45) is 0 Å². The number of aromatic nitrogens is 1. The number of hydrogen-bond donors (Lipinski definition) is 0. The molecule has 0 radical (unpaired) electrons. The number of aryl methyl sites for hydroxylation is 1. The Bertz CT molecular complexity index is 487. The first-order valence-electron chi connectivity index (χ1n) is 7.02. The lowest BCUT2D eigenvalue weighted by molar-refractivity contribution is 0.370. The molecule has 0 bridgehead atoms. The van der Waals surface area contributed by atoms with Crippen LogP contribution in [0.3, 0.4) is 0 Å². The summed E-state index contributed by atoms with van der Waals surface area (Å²) < 4.78 is 26.1. The van der Waals surface area contributed by atoms with Crippen molar-refractivity contribution in [3.63, 3.8) is 0 Å². The number of nitrogens with zero attached hydrogens (tertiary/aromatic N) is 2. The Labute approximate surface area is 115 Å². The minimum Gasteiger partial charge on any atom is -0.265 e. The van der Waals surface area contributed by atoms with Crippen LogP contribution in [0.1, 0.15) is 38.2 Å². The lowest BCUT2D eigenvalue weighted by Gasteiger charge is -2.23. The number of rotatable bonds is 6. The van der Waals surface area contributed by atoms with Gasteiger partial charge in [-0.3, -0.25) is 4.98 Å². The molecule has 0 saturated carbocycles. The van der Waals surface area contributed by atoms with Crippen LogP contribution in [0.4, 0.5) is 0 Å². The van der Waals surface area contributed by atoms with Crippen molar-refractivity contribution in [3.05, 3.63) is 30.1 Å². The SMILES string of the molecule is CCCS(=O)(=O)N1CCCC1CCc1ccncc1. The van der Waals surface area contributed by atoms with Crippen molar-refractivity contribution >= 4 is 10.0 Å². The van der Waals surface area contributed by atoms with Gasteiger partial charge in [-0.2, -0.15) is 4.31 Å². The van der Waals surface area contributed by atoms with E-state index in [2.05, 4.69) is 4.98 Å². The first kappa shape index (κ1) is 14.5. The van der Waals surface area contributed by atoms with Crippen LogP contribution in [0.15, 0.2) is 24.5 Å². The molecule has 0 amide bonds. The topological polar surface area (TPSA) is 50.3 Å². The Morgan fingerprint density at radius 2 is 2.11 bits per heavy atom. The second kappa shape index (κ2) is 6.48. The van der Waals surface area contributed by atoms with E-state index < -0.39 is 10.0 Å². The average molecular weight is 282 g/mol. The van der Waals surface area contributed by atoms with Crippen molar-refractivity contribution in [3.8, 4) is 0 Å². The fourth-order valence-corrected chi connectivity index (χ4v) is 4.54. The molecular formula is C14H22N2O2S. The van der Waals surface area contributed by atoms with Crippen LogP contribution in [0.25, 0.3) is 0 Å². The summed E-state index contributed by atoms with van der Waals surface area (Å²) >= 11 is 0. The van der Waals surface area contributed by atoms with E-state index in [4.69, 9.17) is 0 Å². The van der Waals surface area contributed by atoms with E-state index in [1.165, 1.54) is 5.56 Å². The van der Waals surface area contributed by atoms with Gasteiger partial charge in [-0.1, -0.05) is 6.92 Å². The Balaban J connectivity index is 1.96. The highest BCUT2D eigenvalue weighted by Gasteiger charge is 2.32. The summed E-state index contributed by atoms with van der Waals surface area (Å²) in [6.07, 6.45) is 8.08. The van der Waals surface area contributed by atoms with Gasteiger partial charge < -0.3 is 0 Å². The molecule has 0 spiro atoms. The van der Waals surface area contributed by atoms with E-state index in [0.717, 1.165) is 25.7 Å². The predicted molar refractivity (Wildman–Crippen MR) is 76.4 cm³/mol. The van der Waals surface area contributed by atoms with Crippen LogP contribution in [0, 0.1) is 0 Å². The van der Waals surface area contributed by atoms with Crippen molar-refractivity contribution in [2.45, 2.75) is 45.1 Å². The summed E-state index contributed by atoms with van der Waals surface area (Å²) in [6, 6.07) is 4.18. The highest BCUT2D eigenvalue weighted by Crippen LogP contribution is 2.25. The molecule has 1 aromatic heterocycles. The summed E-state index contributed by atoms with van der Waals surface area (Å²) in [5.41, 5.74) is 1.23. The fraction of sp³-hybridized carbons (Fsp3) is 0.643. The van der Waals surface area contributed by atoms with Gasteiger partial charge in [0.25, 0.3) is 0 Å². The van der Waals surface area contributed by atoms with Crippen LogP contribution < -0.4 is 0 Å². The minimum atomic E-state index is -3.04. The fourth-order valence-electron chi connectivity index (χ4n) is 2.72. The first-order valence-corrected chi connectivity index (χ1v) is 8.63. The van der Waals surface area contributed by atoms with Crippen molar-refractivity contribution in [1.82, 2.24) is 9.29 Å². The zero-order chi connectivity index (χ0) is 13.7. The van der Waals surface area contributed by atoms with E-state index in [-0.39, 0.29) is 11.8 Å². The molecule has 1 aromatic rings. The molecule has 5 heteroatoms. The Morgan fingerprint density at radius 1 is 1.37 bits per heavy atom. The lowest BCUT2D eigenvalue weighted by atomic mass is 10.1. The third-order valence-corrected chi connectivity index (χ3v) is 5.78. The van der Waals surface area contributed by atoms with E-state index >= 15 is 0 Å². The third kappa shape index (κ3) is 3.76. The summed E-state index contributed by atoms with van der Waals surface area (Å²) in [6.45, 7) is 2.61. The van der Waals surface area contributed by atoms with Crippen LogP contribution in [0.5, 0.6) is 0 Å². The maximum Gasteiger partial charge on any atom is 0.214 e. The van der Waals surface area contributed by atoms with Gasteiger partial charge in [-0.25, -0.2) is 8.42 Å². The molecule has 1 fully saturated rings. The van der Waals surface area contributed by atoms with Gasteiger partial charge in [0, 0.05) is 25.0 Å². The van der Waals surface area contributed by atoms with Crippen LogP contribution in [-0.2, 0) is 16.4 Å². The molecule has 2 rings (SSSR count). The molecule has 19 heavy (non-hydrogen) atoms. The molecule has 1 aliphatic rings. The van der Waals surface area contributed by atoms with Crippen LogP contribution in [-0.4, -0.2) is 36.0 Å². The first-order chi connectivity index (χ1) is 9.13. The standard InChI is InChI=1S/C14H22N2O2S/c1-2-12-19(17,18)16-11-3-4-14(16)6-5-13-7-9-15-10-8-13/h7-10,14H,2-6,11-12H2,1H3. The molecule has 0 aromatic carbocycles. The van der Waals surface area contributed by atoms with Gasteiger partial charge in [0.05, 0.1) is 5.75 Å². The van der Waals surface area contributed by atoms with Gasteiger partial charge in [-0.15, -0.1) is 0 Å². The third-order valence-electron chi connectivity index (χ3n) is 3.66. The molecule has 0 aliphatic carbocycles. The second-order valence-electron chi connectivity index (χ2n) is 5.12. The quantitative estimate of drug-likeness (QED) is 0.804. The normalized spacial score (nSPS) is 20.8. The van der Waals surface area contributed by atoms with Crippen molar-refractivity contribution < 1.29 is 8.42 Å². The largest absolute Gasteiger partial charge is 0.265 e. The second-order valence-corrected chi connectivity index (χ2v) is 7.16. The summed E-state index contributed by atoms with van der Waals surface area (Å²) in [7, 11) is -3.04. The lowest BCUT2D eigenvalue weighted by Crippen LogP contribution is -2.37. The van der Waals surface area contributed by atoms with E-state index in [9.17, 15) is 8.42 Å². The molecule has 2 heterocycles. The van der Waals surface area contributed by atoms with Gasteiger partial charge in [0.1, 0.15) is 0 Å². The van der Waals surface area contributed by atoms with Crippen molar-refractivity contribution in [2.75, 3.05) is 12.3 Å². The molecule has 4 nitrogen and oxygen atoms in total. The Hall–Kier alpha value is -0.940. The molecule has 1 saturated heterocycles. The Morgan fingerprint density at radius 3 is 2.79 bits per heavy atom. The maximum absolute atomic E-state index is 12.2.